The van der Waals surface area contributed by atoms with E-state index in [1.54, 1.807) is 29.3 Å². The highest BCUT2D eigenvalue weighted by Gasteiger charge is 2.26. The number of rotatable bonds is 4. The van der Waals surface area contributed by atoms with E-state index in [1.165, 1.54) is 24.3 Å². The van der Waals surface area contributed by atoms with E-state index in [0.717, 1.165) is 24.2 Å². The van der Waals surface area contributed by atoms with Gasteiger partial charge in [0.1, 0.15) is 11.5 Å². The number of halogens is 1. The zero-order chi connectivity index (χ0) is 21.1. The Morgan fingerprint density at radius 3 is 2.63 bits per heavy atom. The van der Waals surface area contributed by atoms with Crippen LogP contribution in [0.15, 0.2) is 60.8 Å². The van der Waals surface area contributed by atoms with E-state index in [-0.39, 0.29) is 23.7 Å². The summed E-state index contributed by atoms with van der Waals surface area (Å²) in [5.74, 6) is -0.835. The van der Waals surface area contributed by atoms with Gasteiger partial charge in [0.05, 0.1) is 23.1 Å². The Labute approximate surface area is 173 Å². The number of aryl methyl sites for hydroxylation is 1. The standard InChI is InChI=1S/C23H21FN4O2/c1-15(26-22(29)16-7-9-17(24)10-8-16)18-11-12-21-19(27-18)6-4-14-28(21)23(30)20-5-2-3-13-25-20/h2-3,5,7-13,15H,4,6,14H2,1H3,(H,26,29). The van der Waals surface area contributed by atoms with Crippen molar-refractivity contribution in [3.8, 4) is 0 Å². The van der Waals surface area contributed by atoms with Crippen molar-refractivity contribution in [1.82, 2.24) is 15.3 Å². The normalized spacial score (nSPS) is 14.0. The van der Waals surface area contributed by atoms with Crippen LogP contribution < -0.4 is 10.2 Å². The number of anilines is 1. The predicted molar refractivity (Wildman–Crippen MR) is 111 cm³/mol. The molecule has 0 fully saturated rings. The van der Waals surface area contributed by atoms with Crippen molar-refractivity contribution in [1.29, 1.82) is 0 Å². The molecule has 7 heteroatoms. The first-order chi connectivity index (χ1) is 14.5. The van der Waals surface area contributed by atoms with Gasteiger partial charge in [0.25, 0.3) is 11.8 Å². The Hall–Kier alpha value is -3.61. The number of nitrogens with zero attached hydrogens (tertiary/aromatic N) is 3. The maximum Gasteiger partial charge on any atom is 0.276 e. The third kappa shape index (κ3) is 4.05. The van der Waals surface area contributed by atoms with Crippen molar-refractivity contribution >= 4 is 17.5 Å². The monoisotopic (exact) mass is 404 g/mol. The average molecular weight is 404 g/mol. The Bertz CT molecular complexity index is 1070. The first kappa shape index (κ1) is 19.7. The third-order valence-electron chi connectivity index (χ3n) is 5.08. The number of carbonyl (C=O) groups is 2. The lowest BCUT2D eigenvalue weighted by Gasteiger charge is -2.29. The summed E-state index contributed by atoms with van der Waals surface area (Å²) in [6.45, 7) is 2.45. The fourth-order valence-electron chi connectivity index (χ4n) is 3.50. The van der Waals surface area contributed by atoms with Crippen molar-refractivity contribution in [2.24, 2.45) is 0 Å². The van der Waals surface area contributed by atoms with Gasteiger partial charge in [0.2, 0.25) is 0 Å². The minimum absolute atomic E-state index is 0.149. The molecule has 6 nitrogen and oxygen atoms in total. The Balaban J connectivity index is 1.52. The number of aromatic nitrogens is 2. The molecule has 1 N–H and O–H groups in total. The second-order valence-electron chi connectivity index (χ2n) is 7.18. The molecule has 0 saturated carbocycles. The van der Waals surface area contributed by atoms with Crippen LogP contribution >= 0.6 is 0 Å². The van der Waals surface area contributed by atoms with Crippen molar-refractivity contribution in [3.63, 3.8) is 0 Å². The minimum Gasteiger partial charge on any atom is -0.344 e. The molecule has 0 saturated heterocycles. The van der Waals surface area contributed by atoms with E-state index < -0.39 is 0 Å². The smallest absolute Gasteiger partial charge is 0.276 e. The molecule has 4 rings (SSSR count). The van der Waals surface area contributed by atoms with Crippen LogP contribution in [0.3, 0.4) is 0 Å². The molecule has 0 radical (unpaired) electrons. The molecule has 1 unspecified atom stereocenters. The first-order valence-electron chi connectivity index (χ1n) is 9.82. The summed E-state index contributed by atoms with van der Waals surface area (Å²) in [6, 6.07) is 14.0. The minimum atomic E-state index is -0.388. The van der Waals surface area contributed by atoms with Crippen LogP contribution in [0, 0.1) is 5.82 Å². The molecule has 0 spiro atoms. The molecule has 30 heavy (non-hydrogen) atoms. The fourth-order valence-corrected chi connectivity index (χ4v) is 3.50. The van der Waals surface area contributed by atoms with Crippen LogP contribution in [0.4, 0.5) is 10.1 Å². The summed E-state index contributed by atoms with van der Waals surface area (Å²) < 4.78 is 13.1. The Morgan fingerprint density at radius 2 is 1.90 bits per heavy atom. The van der Waals surface area contributed by atoms with Crippen LogP contribution in [0.25, 0.3) is 0 Å². The highest BCUT2D eigenvalue weighted by Crippen LogP contribution is 2.28. The number of benzene rings is 1. The molecule has 1 aliphatic heterocycles. The van der Waals surface area contributed by atoms with Gasteiger partial charge in [-0.25, -0.2) is 4.39 Å². The second kappa shape index (κ2) is 8.41. The van der Waals surface area contributed by atoms with E-state index in [0.29, 0.717) is 23.5 Å². The number of hydrogen-bond acceptors (Lipinski definition) is 4. The molecular weight excluding hydrogens is 383 g/mol. The van der Waals surface area contributed by atoms with E-state index >= 15 is 0 Å². The van der Waals surface area contributed by atoms with Crippen LogP contribution in [-0.2, 0) is 6.42 Å². The van der Waals surface area contributed by atoms with Gasteiger partial charge in [-0.15, -0.1) is 0 Å². The predicted octanol–water partition coefficient (Wildman–Crippen LogP) is 3.70. The van der Waals surface area contributed by atoms with Gasteiger partial charge in [-0.3, -0.25) is 19.6 Å². The largest absolute Gasteiger partial charge is 0.344 e. The van der Waals surface area contributed by atoms with Gasteiger partial charge in [-0.2, -0.15) is 0 Å². The lowest BCUT2D eigenvalue weighted by molar-refractivity contribution is 0.0938. The van der Waals surface area contributed by atoms with E-state index in [2.05, 4.69) is 10.3 Å². The number of pyridine rings is 2. The third-order valence-corrected chi connectivity index (χ3v) is 5.08. The molecule has 1 aromatic carbocycles. The van der Waals surface area contributed by atoms with Crippen LogP contribution in [0.2, 0.25) is 0 Å². The molecule has 0 bridgehead atoms. The lowest BCUT2D eigenvalue weighted by Crippen LogP contribution is -2.36. The maximum absolute atomic E-state index is 13.1. The SMILES string of the molecule is CC(NC(=O)c1ccc(F)cc1)c1ccc2c(n1)CCCN2C(=O)c1ccccn1. The van der Waals surface area contributed by atoms with Gasteiger partial charge < -0.3 is 10.2 Å². The van der Waals surface area contributed by atoms with Crippen LogP contribution in [0.5, 0.6) is 0 Å². The first-order valence-corrected chi connectivity index (χ1v) is 9.82. The molecule has 1 atom stereocenters. The molecule has 2 amide bonds. The van der Waals surface area contributed by atoms with Gasteiger partial charge >= 0.3 is 0 Å². The summed E-state index contributed by atoms with van der Waals surface area (Å²) in [7, 11) is 0. The number of hydrogen-bond donors (Lipinski definition) is 1. The second-order valence-corrected chi connectivity index (χ2v) is 7.18. The van der Waals surface area contributed by atoms with Gasteiger partial charge in [-0.1, -0.05) is 6.07 Å². The molecule has 1 aliphatic rings. The average Bonchev–Trinajstić information content (AvgIpc) is 2.78. The number of amides is 2. The van der Waals surface area contributed by atoms with E-state index in [9.17, 15) is 14.0 Å². The molecular formula is C23H21FN4O2. The van der Waals surface area contributed by atoms with Crippen molar-refractivity contribution in [2.45, 2.75) is 25.8 Å². The number of fused-ring (bicyclic) bond motifs is 1. The molecule has 3 aromatic rings. The van der Waals surface area contributed by atoms with E-state index in [4.69, 9.17) is 4.98 Å². The number of nitrogens with one attached hydrogen (secondary N) is 1. The molecule has 3 heterocycles. The summed E-state index contributed by atoms with van der Waals surface area (Å²) in [6.07, 6.45) is 3.16. The van der Waals surface area contributed by atoms with Crippen molar-refractivity contribution < 1.29 is 14.0 Å². The van der Waals surface area contributed by atoms with Crippen LogP contribution in [0.1, 0.15) is 51.6 Å². The van der Waals surface area contributed by atoms with E-state index in [1.807, 2.05) is 19.1 Å². The zero-order valence-electron chi connectivity index (χ0n) is 16.5. The lowest BCUT2D eigenvalue weighted by atomic mass is 10.0. The van der Waals surface area contributed by atoms with Gasteiger partial charge in [0, 0.05) is 18.3 Å². The zero-order valence-corrected chi connectivity index (χ0v) is 16.5. The Kier molecular flexibility index (Phi) is 5.52. The van der Waals surface area contributed by atoms with Crippen molar-refractivity contribution in [2.75, 3.05) is 11.4 Å². The molecule has 152 valence electrons. The summed E-state index contributed by atoms with van der Waals surface area (Å²) in [5.41, 5.74) is 3.09. The van der Waals surface area contributed by atoms with Crippen molar-refractivity contribution in [3.05, 3.63) is 89.3 Å². The number of carbonyl (C=O) groups excluding carboxylic acids is 2. The van der Waals surface area contributed by atoms with Gasteiger partial charge in [-0.05, 0) is 68.3 Å². The molecule has 0 aliphatic carbocycles. The highest BCUT2D eigenvalue weighted by atomic mass is 19.1. The molecule has 2 aromatic heterocycles. The quantitative estimate of drug-likeness (QED) is 0.720. The summed E-state index contributed by atoms with van der Waals surface area (Å²) in [5, 5.41) is 2.88. The summed E-state index contributed by atoms with van der Waals surface area (Å²) >= 11 is 0. The highest BCUT2D eigenvalue weighted by molar-refractivity contribution is 6.05. The Morgan fingerprint density at radius 1 is 1.10 bits per heavy atom. The topological polar surface area (TPSA) is 75.2 Å². The van der Waals surface area contributed by atoms with Gasteiger partial charge in [0.15, 0.2) is 0 Å². The van der Waals surface area contributed by atoms with Crippen LogP contribution in [-0.4, -0.2) is 28.3 Å². The summed E-state index contributed by atoms with van der Waals surface area (Å²) in [4.78, 5) is 35.8. The fraction of sp³-hybridized carbons (Fsp3) is 0.217. The maximum atomic E-state index is 13.1.